The fourth-order valence-electron chi connectivity index (χ4n) is 6.58. The van der Waals surface area contributed by atoms with Crippen molar-refractivity contribution in [3.05, 3.63) is 119 Å². The summed E-state index contributed by atoms with van der Waals surface area (Å²) >= 11 is 0. The summed E-state index contributed by atoms with van der Waals surface area (Å²) in [6, 6.07) is 18.9. The highest BCUT2D eigenvalue weighted by molar-refractivity contribution is 8.00. The van der Waals surface area contributed by atoms with Crippen LogP contribution in [0.5, 0.6) is 0 Å². The molecular weight excluding hydrogens is 759 g/mol. The van der Waals surface area contributed by atoms with E-state index in [1.807, 2.05) is 0 Å². The first kappa shape index (κ1) is 41.6. The molecule has 4 N–H and O–H groups in total. The molecule has 0 saturated heterocycles. The molecule has 3 aromatic rings. The lowest BCUT2D eigenvalue weighted by molar-refractivity contribution is -0.131. The SMILES string of the molecule is CC(C)(C)N1C(=O)C=C(c2ccc(CC(=O)N[C@@H](Cc3ccccc3)C(=O)N[C@@H](Cc3ccc(C4=CC(=O)N(C(C)(C)C)S4(=O)=O)cc3)C(N)=O)cc2)S1(=O)=O. The highest BCUT2D eigenvalue weighted by Crippen LogP contribution is 2.37. The van der Waals surface area contributed by atoms with Crippen molar-refractivity contribution in [3.63, 3.8) is 0 Å². The molecule has 0 aromatic heterocycles. The fourth-order valence-corrected chi connectivity index (χ4v) is 10.4. The van der Waals surface area contributed by atoms with E-state index in [4.69, 9.17) is 5.73 Å². The number of amides is 5. The number of nitrogens with two attached hydrogens (primary N) is 1. The summed E-state index contributed by atoms with van der Waals surface area (Å²) in [5.74, 6) is -3.33. The zero-order valence-corrected chi connectivity index (χ0v) is 33.5. The average molecular weight is 804 g/mol. The lowest BCUT2D eigenvalue weighted by atomic mass is 10.0. The van der Waals surface area contributed by atoms with Crippen molar-refractivity contribution in [2.45, 2.75) is 84.0 Å². The maximum absolute atomic E-state index is 13.7. The van der Waals surface area contributed by atoms with Gasteiger partial charge in [0, 0.05) is 25.0 Å². The number of hydrogen-bond acceptors (Lipinski definition) is 9. The number of carbonyl (C=O) groups excluding carboxylic acids is 5. The van der Waals surface area contributed by atoms with Crippen LogP contribution in [-0.2, 0) is 63.3 Å². The normalized spacial score (nSPS) is 17.5. The van der Waals surface area contributed by atoms with Gasteiger partial charge >= 0.3 is 0 Å². The number of sulfonamides is 2. The molecule has 296 valence electrons. The van der Waals surface area contributed by atoms with Crippen LogP contribution in [0.3, 0.4) is 0 Å². The van der Waals surface area contributed by atoms with Crippen LogP contribution in [0.15, 0.2) is 91.0 Å². The Bertz CT molecular complexity index is 2340. The van der Waals surface area contributed by atoms with E-state index in [0.29, 0.717) is 11.1 Å². The highest BCUT2D eigenvalue weighted by Gasteiger charge is 2.45. The second kappa shape index (κ2) is 15.5. The third kappa shape index (κ3) is 8.92. The minimum absolute atomic E-state index is 0.0518. The zero-order valence-electron chi connectivity index (χ0n) is 31.9. The predicted molar refractivity (Wildman–Crippen MR) is 210 cm³/mol. The van der Waals surface area contributed by atoms with E-state index in [1.54, 1.807) is 96.1 Å². The minimum Gasteiger partial charge on any atom is -0.368 e. The van der Waals surface area contributed by atoms with E-state index in [9.17, 15) is 40.8 Å². The molecule has 2 aliphatic heterocycles. The lowest BCUT2D eigenvalue weighted by Crippen LogP contribution is -2.54. The number of carbonyl (C=O) groups is 5. The monoisotopic (exact) mass is 803 g/mol. The second-order valence-electron chi connectivity index (χ2n) is 15.6. The molecule has 0 spiro atoms. The summed E-state index contributed by atoms with van der Waals surface area (Å²) in [6.45, 7) is 9.72. The van der Waals surface area contributed by atoms with Crippen molar-refractivity contribution in [1.29, 1.82) is 0 Å². The zero-order chi connectivity index (χ0) is 41.4. The Morgan fingerprint density at radius 1 is 0.607 bits per heavy atom. The molecule has 14 nitrogen and oxygen atoms in total. The lowest BCUT2D eigenvalue weighted by Gasteiger charge is -2.30. The number of nitrogens with zero attached hydrogens (tertiary/aromatic N) is 2. The number of rotatable bonds is 12. The summed E-state index contributed by atoms with van der Waals surface area (Å²) in [4.78, 5) is 64.5. The molecule has 2 aliphatic rings. The molecule has 3 aromatic carbocycles. The summed E-state index contributed by atoms with van der Waals surface area (Å²) in [5, 5.41) is 5.39. The van der Waals surface area contributed by atoms with Gasteiger partial charge in [0.1, 0.15) is 21.9 Å². The molecule has 0 saturated carbocycles. The predicted octanol–water partition coefficient (Wildman–Crippen LogP) is 2.79. The number of benzene rings is 3. The standard InChI is InChI=1S/C40H45N5O9S2/c1-39(2,3)44-35(47)23-32(55(44,51)52)28-16-12-26(13-17-28)20-30(37(41)49)43-38(50)31(21-25-10-8-7-9-11-25)42-34(46)22-27-14-18-29(19-15-27)33-24-36(48)45(40(4,5)6)56(33,53)54/h7-19,23-24,30-31H,20-22H2,1-6H3,(H2,41,49)(H,42,46)(H,43,50)/t30-,31-/m0/s1. The molecule has 2 heterocycles. The topological polar surface area (TPSA) is 210 Å². The molecule has 0 radical (unpaired) electrons. The highest BCUT2D eigenvalue weighted by atomic mass is 32.2. The van der Waals surface area contributed by atoms with E-state index in [1.165, 1.54) is 24.3 Å². The van der Waals surface area contributed by atoms with E-state index in [2.05, 4.69) is 10.6 Å². The van der Waals surface area contributed by atoms with Crippen LogP contribution < -0.4 is 16.4 Å². The van der Waals surface area contributed by atoms with Crippen LogP contribution >= 0.6 is 0 Å². The Labute approximate surface area is 326 Å². The van der Waals surface area contributed by atoms with Gasteiger partial charge in [-0.25, -0.2) is 25.4 Å². The van der Waals surface area contributed by atoms with Crippen LogP contribution in [0.25, 0.3) is 9.81 Å². The van der Waals surface area contributed by atoms with Gasteiger partial charge in [0.25, 0.3) is 31.9 Å². The maximum atomic E-state index is 13.7. The Morgan fingerprint density at radius 3 is 1.43 bits per heavy atom. The van der Waals surface area contributed by atoms with E-state index < -0.39 is 72.7 Å². The van der Waals surface area contributed by atoms with Gasteiger partial charge < -0.3 is 16.4 Å². The van der Waals surface area contributed by atoms with Gasteiger partial charge in [0.05, 0.1) is 17.5 Å². The third-order valence-electron chi connectivity index (χ3n) is 9.04. The van der Waals surface area contributed by atoms with Crippen LogP contribution in [-0.4, -0.2) is 78.1 Å². The molecule has 0 fully saturated rings. The minimum atomic E-state index is -4.09. The van der Waals surface area contributed by atoms with E-state index in [0.717, 1.165) is 26.3 Å². The number of hydrogen-bond donors (Lipinski definition) is 3. The Hall–Kier alpha value is -5.61. The quantitative estimate of drug-likeness (QED) is 0.246. The van der Waals surface area contributed by atoms with E-state index >= 15 is 0 Å². The van der Waals surface area contributed by atoms with Crippen molar-refractivity contribution in [2.24, 2.45) is 5.73 Å². The molecule has 2 atom stereocenters. The molecule has 0 unspecified atom stereocenters. The van der Waals surface area contributed by atoms with Gasteiger partial charge in [-0.3, -0.25) is 24.0 Å². The number of nitrogens with one attached hydrogen (secondary N) is 2. The van der Waals surface area contributed by atoms with E-state index in [-0.39, 0.29) is 40.2 Å². The smallest absolute Gasteiger partial charge is 0.268 e. The first-order valence-electron chi connectivity index (χ1n) is 17.7. The van der Waals surface area contributed by atoms with Crippen LogP contribution in [0.4, 0.5) is 0 Å². The van der Waals surface area contributed by atoms with Gasteiger partial charge in [-0.2, -0.15) is 0 Å². The second-order valence-corrected chi connectivity index (χ2v) is 19.1. The molecule has 0 bridgehead atoms. The average Bonchev–Trinajstić information content (AvgIpc) is 3.50. The van der Waals surface area contributed by atoms with Crippen LogP contribution in [0.1, 0.15) is 69.4 Å². The third-order valence-corrected chi connectivity index (χ3v) is 13.3. The molecular formula is C40H45N5O9S2. The maximum Gasteiger partial charge on any atom is 0.268 e. The van der Waals surface area contributed by atoms with Crippen LogP contribution in [0, 0.1) is 0 Å². The molecule has 16 heteroatoms. The Morgan fingerprint density at radius 2 is 1.02 bits per heavy atom. The first-order valence-corrected chi connectivity index (χ1v) is 20.6. The van der Waals surface area contributed by atoms with Crippen molar-refractivity contribution >= 4 is 59.4 Å². The summed E-state index contributed by atoms with van der Waals surface area (Å²) in [5.41, 5.74) is 6.11. The van der Waals surface area contributed by atoms with Crippen LogP contribution in [0.2, 0.25) is 0 Å². The molecule has 5 amide bonds. The van der Waals surface area contributed by atoms with Gasteiger partial charge in [-0.15, -0.1) is 0 Å². The molecule has 0 aliphatic carbocycles. The van der Waals surface area contributed by atoms with Crippen molar-refractivity contribution in [1.82, 2.24) is 19.2 Å². The molecule has 56 heavy (non-hydrogen) atoms. The van der Waals surface area contributed by atoms with Gasteiger partial charge in [0.15, 0.2) is 0 Å². The van der Waals surface area contributed by atoms with Crippen molar-refractivity contribution in [3.8, 4) is 0 Å². The van der Waals surface area contributed by atoms with Crippen molar-refractivity contribution in [2.75, 3.05) is 0 Å². The molecule has 5 rings (SSSR count). The summed E-state index contributed by atoms with van der Waals surface area (Å²) in [6.07, 6.45) is 2.00. The summed E-state index contributed by atoms with van der Waals surface area (Å²) in [7, 11) is -8.18. The largest absolute Gasteiger partial charge is 0.368 e. The fraction of sp³-hybridized carbons (Fsp3) is 0.325. The van der Waals surface area contributed by atoms with Gasteiger partial charge in [0.2, 0.25) is 17.7 Å². The first-order chi connectivity index (χ1) is 26.0. The number of primary amides is 1. The van der Waals surface area contributed by atoms with Gasteiger partial charge in [-0.1, -0.05) is 78.9 Å². The van der Waals surface area contributed by atoms with Gasteiger partial charge in [-0.05, 0) is 69.4 Å². The Kier molecular flexibility index (Phi) is 11.5. The van der Waals surface area contributed by atoms with Crippen molar-refractivity contribution < 1.29 is 40.8 Å². The summed E-state index contributed by atoms with van der Waals surface area (Å²) < 4.78 is 54.4. The Balaban J connectivity index is 1.28.